The van der Waals surface area contributed by atoms with Crippen LogP contribution in [0.3, 0.4) is 0 Å². The summed E-state index contributed by atoms with van der Waals surface area (Å²) in [6.45, 7) is 1.53. The van der Waals surface area contributed by atoms with Crippen LogP contribution in [0.15, 0.2) is 82.6 Å². The van der Waals surface area contributed by atoms with Gasteiger partial charge in [-0.3, -0.25) is 4.79 Å². The van der Waals surface area contributed by atoms with Crippen molar-refractivity contribution >= 4 is 43.2 Å². The standard InChI is InChI=1S/C27H31ClN4O6S2/c1-30-14-16-31(17-15-30)39(34,35)24-11-9-23(10-12-24)29-27(33)20-32(19-21-6-4-3-5-7-21)40(36,37)26-18-22(28)8-13-25(26)38-2/h3-13,18H,14-17,19-20H2,1-2H3,(H,29,33). The molecule has 1 aliphatic heterocycles. The summed E-state index contributed by atoms with van der Waals surface area (Å²) in [4.78, 5) is 15.1. The van der Waals surface area contributed by atoms with Gasteiger partial charge in [-0.25, -0.2) is 16.8 Å². The lowest BCUT2D eigenvalue weighted by Crippen LogP contribution is -2.46. The Morgan fingerprint density at radius 1 is 0.950 bits per heavy atom. The maximum absolute atomic E-state index is 13.7. The first-order chi connectivity index (χ1) is 19.0. The van der Waals surface area contributed by atoms with Crippen LogP contribution in [0.25, 0.3) is 0 Å². The minimum Gasteiger partial charge on any atom is -0.495 e. The number of piperazine rings is 1. The van der Waals surface area contributed by atoms with Crippen LogP contribution in [0, 0.1) is 0 Å². The van der Waals surface area contributed by atoms with Gasteiger partial charge in [0.05, 0.1) is 18.6 Å². The van der Waals surface area contributed by atoms with E-state index in [1.807, 2.05) is 13.1 Å². The molecule has 4 rings (SSSR count). The molecule has 0 atom stereocenters. The average molecular weight is 607 g/mol. The van der Waals surface area contributed by atoms with Crippen LogP contribution in [0.5, 0.6) is 5.75 Å². The quantitative estimate of drug-likeness (QED) is 0.377. The Morgan fingerprint density at radius 3 is 2.23 bits per heavy atom. The lowest BCUT2D eigenvalue weighted by atomic mass is 10.2. The number of halogens is 1. The second-order valence-corrected chi connectivity index (χ2v) is 13.6. The molecule has 0 unspecified atom stereocenters. The summed E-state index contributed by atoms with van der Waals surface area (Å²) in [6.07, 6.45) is 0. The Bertz CT molecular complexity index is 1540. The van der Waals surface area contributed by atoms with E-state index < -0.39 is 32.5 Å². The van der Waals surface area contributed by atoms with Crippen molar-refractivity contribution in [2.24, 2.45) is 0 Å². The molecule has 1 heterocycles. The lowest BCUT2D eigenvalue weighted by Gasteiger charge is -2.31. The van der Waals surface area contributed by atoms with E-state index in [4.69, 9.17) is 16.3 Å². The number of carbonyl (C=O) groups excluding carboxylic acids is 1. The lowest BCUT2D eigenvalue weighted by molar-refractivity contribution is -0.116. The van der Waals surface area contributed by atoms with Crippen LogP contribution in [0.4, 0.5) is 5.69 Å². The van der Waals surface area contributed by atoms with Gasteiger partial charge in [-0.1, -0.05) is 41.9 Å². The molecule has 1 saturated heterocycles. The first kappa shape index (κ1) is 30.0. The molecule has 0 saturated carbocycles. The fourth-order valence-corrected chi connectivity index (χ4v) is 7.48. The van der Waals surface area contributed by atoms with Crippen molar-refractivity contribution in [2.75, 3.05) is 52.2 Å². The fraction of sp³-hybridized carbons (Fsp3) is 0.296. The highest BCUT2D eigenvalue weighted by Crippen LogP contribution is 2.30. The van der Waals surface area contributed by atoms with E-state index in [1.165, 1.54) is 53.9 Å². The highest BCUT2D eigenvalue weighted by atomic mass is 35.5. The second-order valence-electron chi connectivity index (χ2n) is 9.33. The average Bonchev–Trinajstić information content (AvgIpc) is 2.94. The van der Waals surface area contributed by atoms with E-state index >= 15 is 0 Å². The van der Waals surface area contributed by atoms with Gasteiger partial charge in [0.15, 0.2) is 0 Å². The molecule has 13 heteroatoms. The molecular formula is C27H31ClN4O6S2. The Labute approximate surface area is 240 Å². The zero-order valence-corrected chi connectivity index (χ0v) is 24.5. The summed E-state index contributed by atoms with van der Waals surface area (Å²) in [7, 11) is -4.59. The van der Waals surface area contributed by atoms with Gasteiger partial charge in [0.25, 0.3) is 0 Å². The predicted molar refractivity (Wildman–Crippen MR) is 153 cm³/mol. The number of carbonyl (C=O) groups is 1. The number of methoxy groups -OCH3 is 1. The van der Waals surface area contributed by atoms with Crippen molar-refractivity contribution in [3.05, 3.63) is 83.4 Å². The number of sulfonamides is 2. The van der Waals surface area contributed by atoms with Crippen LogP contribution < -0.4 is 10.1 Å². The monoisotopic (exact) mass is 606 g/mol. The van der Waals surface area contributed by atoms with E-state index in [1.54, 1.807) is 24.3 Å². The van der Waals surface area contributed by atoms with Crippen molar-refractivity contribution in [3.8, 4) is 5.75 Å². The first-order valence-electron chi connectivity index (χ1n) is 12.5. The van der Waals surface area contributed by atoms with Crippen LogP contribution in [-0.4, -0.2) is 83.1 Å². The summed E-state index contributed by atoms with van der Waals surface area (Å²) < 4.78 is 61.2. The van der Waals surface area contributed by atoms with Crippen molar-refractivity contribution in [3.63, 3.8) is 0 Å². The highest BCUT2D eigenvalue weighted by Gasteiger charge is 2.31. The van der Waals surface area contributed by atoms with Crippen molar-refractivity contribution in [2.45, 2.75) is 16.3 Å². The Hall–Kier alpha value is -3.00. The van der Waals surface area contributed by atoms with Crippen molar-refractivity contribution < 1.29 is 26.4 Å². The molecule has 3 aromatic carbocycles. The summed E-state index contributed by atoms with van der Waals surface area (Å²) in [6, 6.07) is 19.0. The number of nitrogens with one attached hydrogen (secondary N) is 1. The molecule has 0 spiro atoms. The largest absolute Gasteiger partial charge is 0.495 e. The molecule has 0 aromatic heterocycles. The van der Waals surface area contributed by atoms with Crippen LogP contribution >= 0.6 is 11.6 Å². The first-order valence-corrected chi connectivity index (χ1v) is 15.7. The van der Waals surface area contributed by atoms with Gasteiger partial charge in [-0.15, -0.1) is 0 Å². The second kappa shape index (κ2) is 12.7. The number of benzene rings is 3. The summed E-state index contributed by atoms with van der Waals surface area (Å²) in [5, 5.41) is 2.87. The van der Waals surface area contributed by atoms with Crippen molar-refractivity contribution in [1.82, 2.24) is 13.5 Å². The third-order valence-electron chi connectivity index (χ3n) is 6.50. The van der Waals surface area contributed by atoms with Gasteiger partial charge < -0.3 is 15.0 Å². The summed E-state index contributed by atoms with van der Waals surface area (Å²) in [5.74, 6) is -0.504. The van der Waals surface area contributed by atoms with Gasteiger partial charge in [-0.2, -0.15) is 8.61 Å². The zero-order chi connectivity index (χ0) is 28.9. The number of amides is 1. The molecule has 1 N–H and O–H groups in total. The molecule has 0 bridgehead atoms. The highest BCUT2D eigenvalue weighted by molar-refractivity contribution is 7.89. The number of hydrogen-bond donors (Lipinski definition) is 1. The zero-order valence-electron chi connectivity index (χ0n) is 22.2. The molecule has 1 aliphatic rings. The Morgan fingerprint density at radius 2 is 1.60 bits per heavy atom. The molecule has 40 heavy (non-hydrogen) atoms. The number of nitrogens with zero attached hydrogens (tertiary/aromatic N) is 3. The van der Waals surface area contributed by atoms with E-state index in [0.717, 1.165) is 4.31 Å². The van der Waals surface area contributed by atoms with E-state index in [-0.39, 0.29) is 27.1 Å². The minimum atomic E-state index is -4.22. The molecular weight excluding hydrogens is 576 g/mol. The van der Waals surface area contributed by atoms with E-state index in [0.29, 0.717) is 37.4 Å². The van der Waals surface area contributed by atoms with E-state index in [9.17, 15) is 21.6 Å². The molecule has 1 amide bonds. The minimum absolute atomic E-state index is 0.0749. The maximum atomic E-state index is 13.7. The summed E-state index contributed by atoms with van der Waals surface area (Å²) >= 11 is 6.09. The number of ether oxygens (including phenoxy) is 1. The molecule has 214 valence electrons. The molecule has 10 nitrogen and oxygen atoms in total. The number of likely N-dealkylation sites (N-methyl/N-ethyl adjacent to an activating group) is 1. The smallest absolute Gasteiger partial charge is 0.247 e. The molecule has 0 aliphatic carbocycles. The number of rotatable bonds is 10. The van der Waals surface area contributed by atoms with Crippen LogP contribution in [0.1, 0.15) is 5.56 Å². The van der Waals surface area contributed by atoms with Gasteiger partial charge in [-0.05, 0) is 55.1 Å². The topological polar surface area (TPSA) is 116 Å². The third-order valence-corrected chi connectivity index (χ3v) is 10.5. The van der Waals surface area contributed by atoms with Gasteiger partial charge in [0, 0.05) is 43.4 Å². The number of hydrogen-bond acceptors (Lipinski definition) is 7. The summed E-state index contributed by atoms with van der Waals surface area (Å²) in [5.41, 5.74) is 1.01. The van der Waals surface area contributed by atoms with Crippen LogP contribution in [-0.2, 0) is 31.4 Å². The maximum Gasteiger partial charge on any atom is 0.247 e. The SMILES string of the molecule is COc1ccc(Cl)cc1S(=O)(=O)N(CC(=O)Nc1ccc(S(=O)(=O)N2CCN(C)CC2)cc1)Cc1ccccc1. The predicted octanol–water partition coefficient (Wildman–Crippen LogP) is 3.11. The molecule has 3 aromatic rings. The Balaban J connectivity index is 1.53. The normalized spacial score (nSPS) is 15.2. The van der Waals surface area contributed by atoms with Crippen molar-refractivity contribution in [1.29, 1.82) is 0 Å². The molecule has 1 fully saturated rings. The number of anilines is 1. The molecule has 0 radical (unpaired) electrons. The van der Waals surface area contributed by atoms with Gasteiger partial charge in [0.1, 0.15) is 10.6 Å². The van der Waals surface area contributed by atoms with Gasteiger partial charge >= 0.3 is 0 Å². The Kier molecular flexibility index (Phi) is 9.49. The van der Waals surface area contributed by atoms with Crippen LogP contribution in [0.2, 0.25) is 5.02 Å². The van der Waals surface area contributed by atoms with Gasteiger partial charge in [0.2, 0.25) is 26.0 Å². The van der Waals surface area contributed by atoms with E-state index in [2.05, 4.69) is 10.2 Å². The third kappa shape index (κ3) is 7.00. The fourth-order valence-electron chi connectivity index (χ4n) is 4.25.